The van der Waals surface area contributed by atoms with Crippen molar-refractivity contribution in [2.45, 2.75) is 12.3 Å². The van der Waals surface area contributed by atoms with Gasteiger partial charge in [0.1, 0.15) is 5.88 Å². The lowest BCUT2D eigenvalue weighted by Gasteiger charge is -2.13. The molecule has 0 atom stereocenters. The van der Waals surface area contributed by atoms with Gasteiger partial charge >= 0.3 is 0 Å². The van der Waals surface area contributed by atoms with Crippen molar-refractivity contribution in [3.8, 4) is 0 Å². The first-order chi connectivity index (χ1) is 5.29. The van der Waals surface area contributed by atoms with Gasteiger partial charge in [-0.2, -0.15) is 0 Å². The predicted molar refractivity (Wildman–Crippen MR) is 40.3 cm³/mol. The summed E-state index contributed by atoms with van der Waals surface area (Å²) >= 11 is 0. The minimum absolute atomic E-state index is 0.127. The van der Waals surface area contributed by atoms with E-state index in [0.29, 0.717) is 0 Å². The van der Waals surface area contributed by atoms with Gasteiger partial charge in [-0.3, -0.25) is 4.90 Å². The molecule has 1 aliphatic rings. The van der Waals surface area contributed by atoms with Crippen molar-refractivity contribution >= 4 is 9.84 Å². The molecule has 12 heavy (non-hydrogen) atoms. The molecule has 0 aromatic rings. The fourth-order valence-corrected chi connectivity index (χ4v) is 1.97. The van der Waals surface area contributed by atoms with Crippen molar-refractivity contribution in [2.75, 3.05) is 19.0 Å². The molecule has 1 aliphatic heterocycles. The lowest BCUT2D eigenvalue weighted by Crippen LogP contribution is -2.29. The maximum absolute atomic E-state index is 12.5. The molecule has 0 bridgehead atoms. The molecule has 0 aromatic heterocycles. The van der Waals surface area contributed by atoms with Gasteiger partial charge in [-0.1, -0.05) is 0 Å². The largest absolute Gasteiger partial charge is 0.284 e. The summed E-state index contributed by atoms with van der Waals surface area (Å²) in [5.74, 6) is -3.10. The molecule has 1 radical (unpaired) electrons. The van der Waals surface area contributed by atoms with Crippen molar-refractivity contribution in [1.82, 2.24) is 4.90 Å². The molecular formula is C6H10F2NO2S. The highest BCUT2D eigenvalue weighted by Crippen LogP contribution is 2.26. The molecule has 0 aromatic carbocycles. The minimum atomic E-state index is -3.42. The van der Waals surface area contributed by atoms with E-state index < -0.39 is 22.3 Å². The first-order valence-corrected chi connectivity index (χ1v) is 5.27. The van der Waals surface area contributed by atoms with E-state index in [-0.39, 0.29) is 18.8 Å². The molecule has 1 rings (SSSR count). The van der Waals surface area contributed by atoms with E-state index in [2.05, 4.69) is 6.26 Å². The Labute approximate surface area is 70.3 Å². The summed E-state index contributed by atoms with van der Waals surface area (Å²) in [6, 6.07) is 0. The number of halogens is 2. The van der Waals surface area contributed by atoms with Gasteiger partial charge in [0, 0.05) is 13.0 Å². The second-order valence-corrected chi connectivity index (χ2v) is 4.78. The van der Waals surface area contributed by atoms with Crippen LogP contribution in [0, 0.1) is 6.26 Å². The summed E-state index contributed by atoms with van der Waals surface area (Å²) in [4.78, 5) is 1.20. The molecule has 0 spiro atoms. The number of sulfone groups is 1. The second-order valence-electron chi connectivity index (χ2n) is 3.03. The van der Waals surface area contributed by atoms with Crippen molar-refractivity contribution in [3.05, 3.63) is 6.26 Å². The van der Waals surface area contributed by atoms with E-state index in [0.717, 1.165) is 0 Å². The van der Waals surface area contributed by atoms with Gasteiger partial charge in [0.2, 0.25) is 0 Å². The smallest absolute Gasteiger partial charge is 0.261 e. The van der Waals surface area contributed by atoms with Crippen LogP contribution in [0.5, 0.6) is 0 Å². The van der Waals surface area contributed by atoms with E-state index >= 15 is 0 Å². The average Bonchev–Trinajstić information content (AvgIpc) is 2.05. The van der Waals surface area contributed by atoms with Crippen LogP contribution in [0.2, 0.25) is 0 Å². The van der Waals surface area contributed by atoms with Gasteiger partial charge in [-0.15, -0.1) is 0 Å². The van der Waals surface area contributed by atoms with Gasteiger partial charge in [0.25, 0.3) is 5.92 Å². The Kier molecular flexibility index (Phi) is 2.40. The molecule has 0 saturated carbocycles. The number of hydrogen-bond acceptors (Lipinski definition) is 3. The maximum Gasteiger partial charge on any atom is 0.261 e. The van der Waals surface area contributed by atoms with Gasteiger partial charge in [-0.05, 0) is 0 Å². The number of likely N-dealkylation sites (tertiary alicyclic amines) is 1. The van der Waals surface area contributed by atoms with Crippen molar-refractivity contribution in [2.24, 2.45) is 0 Å². The molecule has 71 valence electrons. The predicted octanol–water partition coefficient (Wildman–Crippen LogP) is 0.491. The zero-order valence-corrected chi connectivity index (χ0v) is 7.28. The molecule has 0 unspecified atom stereocenters. The standard InChI is InChI=1S/C6H10F2NO2S/c1-12(10,11)5-9-3-2-6(7,8)4-9/h1-5H2. The molecule has 3 nitrogen and oxygen atoms in total. The molecule has 0 amide bonds. The zero-order chi connectivity index (χ0) is 9.41. The van der Waals surface area contributed by atoms with Crippen LogP contribution < -0.4 is 0 Å². The molecule has 1 heterocycles. The highest BCUT2D eigenvalue weighted by Gasteiger charge is 2.38. The normalized spacial score (nSPS) is 24.6. The SMILES string of the molecule is [CH2]S(=O)(=O)CN1CCC(F)(F)C1. The molecular weight excluding hydrogens is 188 g/mol. The summed E-state index contributed by atoms with van der Waals surface area (Å²) in [7, 11) is -3.42. The Morgan fingerprint density at radius 2 is 2.08 bits per heavy atom. The highest BCUT2D eigenvalue weighted by atomic mass is 32.2. The Balaban J connectivity index is 2.49. The van der Waals surface area contributed by atoms with Crippen LogP contribution in [-0.4, -0.2) is 38.2 Å². The summed E-state index contributed by atoms with van der Waals surface area (Å²) in [6.45, 7) is -0.344. The molecule has 6 heteroatoms. The van der Waals surface area contributed by atoms with Gasteiger partial charge in [0.15, 0.2) is 9.84 Å². The highest BCUT2D eigenvalue weighted by molar-refractivity contribution is 7.92. The van der Waals surface area contributed by atoms with Crippen LogP contribution in [0.4, 0.5) is 8.78 Å². The Bertz CT molecular complexity index is 263. The molecule has 1 saturated heterocycles. The Morgan fingerprint density at radius 1 is 1.50 bits per heavy atom. The van der Waals surface area contributed by atoms with Crippen LogP contribution >= 0.6 is 0 Å². The first-order valence-electron chi connectivity index (χ1n) is 3.44. The fourth-order valence-electron chi connectivity index (χ4n) is 1.20. The average molecular weight is 198 g/mol. The first kappa shape index (κ1) is 9.85. The summed E-state index contributed by atoms with van der Waals surface area (Å²) in [5, 5.41) is 0. The lowest BCUT2D eigenvalue weighted by molar-refractivity contribution is 0.0139. The van der Waals surface area contributed by atoms with Crippen LogP contribution in [0.15, 0.2) is 0 Å². The number of alkyl halides is 2. The van der Waals surface area contributed by atoms with Gasteiger partial charge < -0.3 is 0 Å². The monoisotopic (exact) mass is 198 g/mol. The molecule has 0 aliphatic carbocycles. The summed E-state index contributed by atoms with van der Waals surface area (Å²) < 4.78 is 46.2. The van der Waals surface area contributed by atoms with Crippen LogP contribution in [-0.2, 0) is 9.84 Å². The minimum Gasteiger partial charge on any atom is -0.284 e. The second kappa shape index (κ2) is 2.92. The summed E-state index contributed by atoms with van der Waals surface area (Å²) in [5.41, 5.74) is 0. The zero-order valence-electron chi connectivity index (χ0n) is 6.46. The molecule has 0 N–H and O–H groups in total. The van der Waals surface area contributed by atoms with Crippen molar-refractivity contribution in [3.63, 3.8) is 0 Å². The Morgan fingerprint density at radius 3 is 2.42 bits per heavy atom. The van der Waals surface area contributed by atoms with E-state index in [9.17, 15) is 17.2 Å². The quantitative estimate of drug-likeness (QED) is 0.648. The van der Waals surface area contributed by atoms with E-state index in [4.69, 9.17) is 0 Å². The van der Waals surface area contributed by atoms with E-state index in [1.165, 1.54) is 4.90 Å². The lowest BCUT2D eigenvalue weighted by atomic mass is 10.3. The third-order valence-electron chi connectivity index (χ3n) is 1.63. The number of rotatable bonds is 2. The van der Waals surface area contributed by atoms with Crippen molar-refractivity contribution in [1.29, 1.82) is 0 Å². The van der Waals surface area contributed by atoms with Crippen LogP contribution in [0.1, 0.15) is 6.42 Å². The van der Waals surface area contributed by atoms with Gasteiger partial charge in [-0.25, -0.2) is 17.2 Å². The Hall–Kier alpha value is -0.230. The fraction of sp³-hybridized carbons (Fsp3) is 0.833. The molecule has 1 fully saturated rings. The van der Waals surface area contributed by atoms with Crippen molar-refractivity contribution < 1.29 is 17.2 Å². The summed E-state index contributed by atoms with van der Waals surface area (Å²) in [6.07, 6.45) is 2.61. The van der Waals surface area contributed by atoms with E-state index in [1.54, 1.807) is 0 Å². The van der Waals surface area contributed by atoms with Crippen LogP contribution in [0.25, 0.3) is 0 Å². The number of nitrogens with zero attached hydrogens (tertiary/aromatic N) is 1. The third kappa shape index (κ3) is 3.02. The number of hydrogen-bond donors (Lipinski definition) is 0. The van der Waals surface area contributed by atoms with Crippen LogP contribution in [0.3, 0.4) is 0 Å². The third-order valence-corrected chi connectivity index (χ3v) is 2.39. The van der Waals surface area contributed by atoms with E-state index in [1.807, 2.05) is 0 Å². The van der Waals surface area contributed by atoms with Gasteiger partial charge in [0.05, 0.1) is 12.8 Å². The maximum atomic E-state index is 12.5. The topological polar surface area (TPSA) is 37.4 Å².